The summed E-state index contributed by atoms with van der Waals surface area (Å²) >= 11 is 0. The van der Waals surface area contributed by atoms with E-state index in [1.807, 2.05) is 13.8 Å². The largest absolute Gasteiger partial charge is 0.493 e. The molecule has 1 rings (SSSR count). The van der Waals surface area contributed by atoms with Crippen LogP contribution in [-0.4, -0.2) is 38.2 Å². The smallest absolute Gasteiger partial charge is 0.331 e. The number of hydrogen-bond acceptors (Lipinski definition) is 5. The summed E-state index contributed by atoms with van der Waals surface area (Å²) in [4.78, 5) is 24.6. The van der Waals surface area contributed by atoms with Crippen LogP contribution in [0.5, 0.6) is 11.5 Å². The number of rotatable bonds is 8. The van der Waals surface area contributed by atoms with Gasteiger partial charge in [0.1, 0.15) is 5.54 Å². The fourth-order valence-corrected chi connectivity index (χ4v) is 2.22. The zero-order valence-corrected chi connectivity index (χ0v) is 15.3. The lowest BCUT2D eigenvalue weighted by Gasteiger charge is -2.32. The Morgan fingerprint density at radius 1 is 1.17 bits per heavy atom. The van der Waals surface area contributed by atoms with Crippen LogP contribution in [0.15, 0.2) is 18.2 Å². The summed E-state index contributed by atoms with van der Waals surface area (Å²) in [6.07, 6.45) is 0.127. The maximum Gasteiger partial charge on any atom is 0.331 e. The molecule has 0 radical (unpaired) electrons. The van der Waals surface area contributed by atoms with Crippen molar-refractivity contribution in [3.05, 3.63) is 23.8 Å². The molecule has 0 aromatic heterocycles. The van der Waals surface area contributed by atoms with Crippen LogP contribution in [0.25, 0.3) is 0 Å². The van der Waals surface area contributed by atoms with Crippen LogP contribution in [0.4, 0.5) is 0 Å². The van der Waals surface area contributed by atoms with Gasteiger partial charge in [0.15, 0.2) is 11.5 Å². The molecule has 0 aliphatic rings. The lowest BCUT2D eigenvalue weighted by molar-refractivity contribution is -0.154. The Morgan fingerprint density at radius 3 is 2.29 bits per heavy atom. The van der Waals surface area contributed by atoms with Crippen molar-refractivity contribution in [2.75, 3.05) is 20.8 Å². The third-order valence-electron chi connectivity index (χ3n) is 4.07. The highest BCUT2D eigenvalue weighted by atomic mass is 16.5. The first-order chi connectivity index (χ1) is 11.3. The van der Waals surface area contributed by atoms with Gasteiger partial charge in [-0.05, 0) is 37.5 Å². The van der Waals surface area contributed by atoms with Crippen LogP contribution >= 0.6 is 0 Å². The van der Waals surface area contributed by atoms with Crippen molar-refractivity contribution >= 4 is 11.9 Å². The quantitative estimate of drug-likeness (QED) is 0.737. The van der Waals surface area contributed by atoms with E-state index in [0.29, 0.717) is 11.5 Å². The molecule has 6 heteroatoms. The van der Waals surface area contributed by atoms with Gasteiger partial charge in [-0.2, -0.15) is 0 Å². The minimum atomic E-state index is -1.07. The number of benzene rings is 1. The molecule has 0 heterocycles. The third kappa shape index (κ3) is 4.63. The zero-order chi connectivity index (χ0) is 18.3. The Balaban J connectivity index is 2.88. The van der Waals surface area contributed by atoms with E-state index in [4.69, 9.17) is 14.2 Å². The van der Waals surface area contributed by atoms with E-state index in [-0.39, 0.29) is 24.9 Å². The first-order valence-corrected chi connectivity index (χ1v) is 7.97. The number of ether oxygens (including phenoxy) is 3. The predicted molar refractivity (Wildman–Crippen MR) is 91.3 cm³/mol. The molecule has 134 valence electrons. The van der Waals surface area contributed by atoms with Gasteiger partial charge in [0.05, 0.1) is 27.2 Å². The van der Waals surface area contributed by atoms with E-state index in [2.05, 4.69) is 5.32 Å². The summed E-state index contributed by atoms with van der Waals surface area (Å²) in [7, 11) is 3.09. The Bertz CT molecular complexity index is 585. The summed E-state index contributed by atoms with van der Waals surface area (Å²) < 4.78 is 15.5. The van der Waals surface area contributed by atoms with E-state index >= 15 is 0 Å². The van der Waals surface area contributed by atoms with Gasteiger partial charge in [-0.1, -0.05) is 19.9 Å². The van der Waals surface area contributed by atoms with Crippen molar-refractivity contribution in [3.63, 3.8) is 0 Å². The van der Waals surface area contributed by atoms with Crippen molar-refractivity contribution in [2.45, 2.75) is 39.7 Å². The van der Waals surface area contributed by atoms with Crippen molar-refractivity contribution in [2.24, 2.45) is 5.92 Å². The van der Waals surface area contributed by atoms with E-state index in [1.54, 1.807) is 39.2 Å². The molecule has 1 amide bonds. The topological polar surface area (TPSA) is 73.9 Å². The molecule has 6 nitrogen and oxygen atoms in total. The Labute approximate surface area is 143 Å². The monoisotopic (exact) mass is 337 g/mol. The number of hydrogen-bond donors (Lipinski definition) is 1. The molecule has 1 N–H and O–H groups in total. The van der Waals surface area contributed by atoms with Crippen LogP contribution in [-0.2, 0) is 20.7 Å². The molecule has 0 aliphatic heterocycles. The third-order valence-corrected chi connectivity index (χ3v) is 4.07. The standard InChI is InChI=1S/C18H27NO5/c1-7-24-17(21)18(4,12(2)3)19-16(20)11-13-8-9-14(22-5)15(10-13)23-6/h8-10,12H,7,11H2,1-6H3,(H,19,20)/t18-/m0/s1. The molecule has 0 saturated heterocycles. The molecular formula is C18H27NO5. The van der Waals surface area contributed by atoms with Gasteiger partial charge in [-0.25, -0.2) is 4.79 Å². The summed E-state index contributed by atoms with van der Waals surface area (Å²) in [5, 5.41) is 2.81. The fraction of sp³-hybridized carbons (Fsp3) is 0.556. The summed E-state index contributed by atoms with van der Waals surface area (Å²) in [6, 6.07) is 5.28. The normalized spacial score (nSPS) is 13.1. The van der Waals surface area contributed by atoms with Crippen molar-refractivity contribution in [1.82, 2.24) is 5.32 Å². The van der Waals surface area contributed by atoms with Gasteiger partial charge >= 0.3 is 5.97 Å². The van der Waals surface area contributed by atoms with Crippen molar-refractivity contribution < 1.29 is 23.8 Å². The number of nitrogens with one attached hydrogen (secondary N) is 1. The second-order valence-corrected chi connectivity index (χ2v) is 5.99. The Hall–Kier alpha value is -2.24. The van der Waals surface area contributed by atoms with Crippen LogP contribution in [0.1, 0.15) is 33.3 Å². The summed E-state index contributed by atoms with van der Waals surface area (Å²) in [5.74, 6) is 0.359. The highest BCUT2D eigenvalue weighted by molar-refractivity contribution is 5.89. The summed E-state index contributed by atoms with van der Waals surface area (Å²) in [5.41, 5.74) is -0.302. The number of esters is 1. The van der Waals surface area contributed by atoms with E-state index < -0.39 is 11.5 Å². The maximum absolute atomic E-state index is 12.4. The van der Waals surface area contributed by atoms with E-state index in [0.717, 1.165) is 5.56 Å². The van der Waals surface area contributed by atoms with Gasteiger partial charge in [-0.3, -0.25) is 4.79 Å². The number of amides is 1. The van der Waals surface area contributed by atoms with Crippen molar-refractivity contribution in [1.29, 1.82) is 0 Å². The number of methoxy groups -OCH3 is 2. The van der Waals surface area contributed by atoms with E-state index in [9.17, 15) is 9.59 Å². The van der Waals surface area contributed by atoms with Gasteiger partial charge in [0, 0.05) is 0 Å². The average molecular weight is 337 g/mol. The second-order valence-electron chi connectivity index (χ2n) is 5.99. The van der Waals surface area contributed by atoms with Gasteiger partial charge in [0.25, 0.3) is 0 Å². The molecule has 0 aliphatic carbocycles. The fourth-order valence-electron chi connectivity index (χ4n) is 2.22. The van der Waals surface area contributed by atoms with Gasteiger partial charge < -0.3 is 19.5 Å². The van der Waals surface area contributed by atoms with Crippen LogP contribution < -0.4 is 14.8 Å². The van der Waals surface area contributed by atoms with Crippen LogP contribution in [0, 0.1) is 5.92 Å². The second kappa shape index (κ2) is 8.57. The number of carbonyl (C=O) groups excluding carboxylic acids is 2. The highest BCUT2D eigenvalue weighted by Crippen LogP contribution is 2.28. The lowest BCUT2D eigenvalue weighted by atomic mass is 9.88. The molecule has 1 aromatic carbocycles. The Morgan fingerprint density at radius 2 is 1.79 bits per heavy atom. The maximum atomic E-state index is 12.4. The SMILES string of the molecule is CCOC(=O)[C@@](C)(NC(=O)Cc1ccc(OC)c(OC)c1)C(C)C. The van der Waals surface area contributed by atoms with Gasteiger partial charge in [-0.15, -0.1) is 0 Å². The highest BCUT2D eigenvalue weighted by Gasteiger charge is 2.39. The average Bonchev–Trinajstić information content (AvgIpc) is 2.54. The summed E-state index contributed by atoms with van der Waals surface area (Å²) in [6.45, 7) is 7.43. The first kappa shape index (κ1) is 19.8. The van der Waals surface area contributed by atoms with E-state index in [1.165, 1.54) is 7.11 Å². The zero-order valence-electron chi connectivity index (χ0n) is 15.3. The molecule has 24 heavy (non-hydrogen) atoms. The lowest BCUT2D eigenvalue weighted by Crippen LogP contribution is -2.57. The first-order valence-electron chi connectivity index (χ1n) is 7.97. The minimum Gasteiger partial charge on any atom is -0.493 e. The molecule has 0 unspecified atom stereocenters. The molecular weight excluding hydrogens is 310 g/mol. The number of carbonyl (C=O) groups is 2. The molecule has 1 aromatic rings. The molecule has 0 saturated carbocycles. The molecule has 0 fully saturated rings. The van der Waals surface area contributed by atoms with Crippen LogP contribution in [0.3, 0.4) is 0 Å². The molecule has 1 atom stereocenters. The van der Waals surface area contributed by atoms with Crippen LogP contribution in [0.2, 0.25) is 0 Å². The molecule has 0 bridgehead atoms. The molecule has 0 spiro atoms. The minimum absolute atomic E-state index is 0.106. The van der Waals surface area contributed by atoms with Crippen molar-refractivity contribution in [3.8, 4) is 11.5 Å². The Kier molecular flexibility index (Phi) is 7.07. The van der Waals surface area contributed by atoms with Gasteiger partial charge in [0.2, 0.25) is 5.91 Å². The predicted octanol–water partition coefficient (Wildman–Crippen LogP) is 2.34.